The molecule has 7 nitrogen and oxygen atoms in total. The van der Waals surface area contributed by atoms with E-state index < -0.39 is 23.3 Å². The van der Waals surface area contributed by atoms with Gasteiger partial charge in [-0.05, 0) is 6.42 Å². The molecule has 2 atom stereocenters. The van der Waals surface area contributed by atoms with Crippen LogP contribution in [-0.4, -0.2) is 34.2 Å². The molecule has 0 aliphatic carbocycles. The molecule has 2 N–H and O–H groups in total. The molecule has 0 amide bonds. The minimum Gasteiger partial charge on any atom is -0.391 e. The summed E-state index contributed by atoms with van der Waals surface area (Å²) in [4.78, 5) is 24.6. The minimum absolute atomic E-state index is 0.280. The summed E-state index contributed by atoms with van der Waals surface area (Å²) >= 11 is 0. The molecule has 1 saturated heterocycles. The molecule has 0 bridgehead atoms. The van der Waals surface area contributed by atoms with Gasteiger partial charge in [-0.25, -0.2) is 4.79 Å². The van der Waals surface area contributed by atoms with Crippen LogP contribution in [0.5, 0.6) is 0 Å². The molecule has 0 unspecified atom stereocenters. The molecule has 0 radical (unpaired) electrons. The van der Waals surface area contributed by atoms with Gasteiger partial charge in [-0.1, -0.05) is 0 Å². The van der Waals surface area contributed by atoms with Crippen LogP contribution in [0.15, 0.2) is 21.9 Å². The quantitative estimate of drug-likeness (QED) is 0.722. The van der Waals surface area contributed by atoms with Gasteiger partial charge in [-0.3, -0.25) is 14.3 Å². The molecule has 1 aromatic heterocycles. The Kier molecular flexibility index (Phi) is 3.14. The van der Waals surface area contributed by atoms with Crippen LogP contribution in [0.2, 0.25) is 0 Å². The van der Waals surface area contributed by atoms with Gasteiger partial charge in [0.25, 0.3) is 5.56 Å². The van der Waals surface area contributed by atoms with E-state index in [1.807, 2.05) is 0 Å². The summed E-state index contributed by atoms with van der Waals surface area (Å²) < 4.78 is 11.9. The first-order valence-corrected chi connectivity index (χ1v) is 5.25. The van der Waals surface area contributed by atoms with E-state index in [4.69, 9.17) is 9.47 Å². The highest BCUT2D eigenvalue weighted by Crippen LogP contribution is 2.35. The number of methoxy groups -OCH3 is 1. The minimum atomic E-state index is -1.06. The third-order valence-corrected chi connectivity index (χ3v) is 2.90. The second-order valence-electron chi connectivity index (χ2n) is 3.90. The van der Waals surface area contributed by atoms with Gasteiger partial charge in [-0.15, -0.1) is 0 Å². The number of ether oxygens (including phenoxy) is 2. The molecule has 0 aromatic carbocycles. The number of aliphatic hydroxyl groups excluding tert-OH is 1. The van der Waals surface area contributed by atoms with Gasteiger partial charge in [-0.2, -0.15) is 0 Å². The van der Waals surface area contributed by atoms with Crippen LogP contribution in [0.25, 0.3) is 0 Å². The standard InChI is InChI=1S/C10H14N2O5/c1-16-10(6-13)4-2-8(17-10)12-5-3-7(14)11-9(12)15/h3,5,8,13H,2,4,6H2,1H3,(H,11,14,15)/t8-,10+/m0/s1. The molecular formula is C10H14N2O5. The molecule has 17 heavy (non-hydrogen) atoms. The SMILES string of the molecule is CO[C@]1(CO)CC[C@@H](n2ccc(=O)[nH]c2=O)O1. The first kappa shape index (κ1) is 12.0. The Morgan fingerprint density at radius 2 is 2.47 bits per heavy atom. The molecule has 1 aromatic rings. The van der Waals surface area contributed by atoms with Crippen LogP contribution < -0.4 is 11.2 Å². The molecule has 0 saturated carbocycles. The topological polar surface area (TPSA) is 93.5 Å². The van der Waals surface area contributed by atoms with Crippen LogP contribution in [-0.2, 0) is 9.47 Å². The average molecular weight is 242 g/mol. The second-order valence-corrected chi connectivity index (χ2v) is 3.90. The number of hydrogen-bond acceptors (Lipinski definition) is 5. The summed E-state index contributed by atoms with van der Waals surface area (Å²) in [5.74, 6) is -1.06. The van der Waals surface area contributed by atoms with Crippen molar-refractivity contribution in [3.05, 3.63) is 33.1 Å². The Hall–Kier alpha value is -1.44. The molecule has 2 rings (SSSR count). The first-order valence-electron chi connectivity index (χ1n) is 5.25. The Balaban J connectivity index is 2.26. The number of aliphatic hydroxyl groups is 1. The molecular weight excluding hydrogens is 228 g/mol. The van der Waals surface area contributed by atoms with E-state index >= 15 is 0 Å². The lowest BCUT2D eigenvalue weighted by Crippen LogP contribution is -2.37. The Labute approximate surface area is 96.6 Å². The summed E-state index contributed by atoms with van der Waals surface area (Å²) in [7, 11) is 1.44. The largest absolute Gasteiger partial charge is 0.391 e. The van der Waals surface area contributed by atoms with Gasteiger partial charge < -0.3 is 14.6 Å². The van der Waals surface area contributed by atoms with Crippen LogP contribution in [0, 0.1) is 0 Å². The monoisotopic (exact) mass is 242 g/mol. The maximum Gasteiger partial charge on any atom is 0.330 e. The molecule has 7 heteroatoms. The highest BCUT2D eigenvalue weighted by Gasteiger charge is 2.41. The molecule has 2 heterocycles. The highest BCUT2D eigenvalue weighted by molar-refractivity contribution is 4.87. The number of nitrogens with one attached hydrogen (secondary N) is 1. The zero-order chi connectivity index (χ0) is 12.5. The van der Waals surface area contributed by atoms with Crippen molar-refractivity contribution in [3.8, 4) is 0 Å². The second kappa shape index (κ2) is 4.44. The van der Waals surface area contributed by atoms with Crippen LogP contribution in [0.4, 0.5) is 0 Å². The van der Waals surface area contributed by atoms with Gasteiger partial charge in [0.15, 0.2) is 5.79 Å². The Bertz CT molecular complexity index is 502. The summed E-state index contributed by atoms with van der Waals surface area (Å²) in [5.41, 5.74) is -0.989. The maximum atomic E-state index is 11.5. The van der Waals surface area contributed by atoms with Gasteiger partial charge >= 0.3 is 5.69 Å². The third-order valence-electron chi connectivity index (χ3n) is 2.90. The van der Waals surface area contributed by atoms with Crippen molar-refractivity contribution in [2.24, 2.45) is 0 Å². The van der Waals surface area contributed by atoms with E-state index in [0.717, 1.165) is 0 Å². The van der Waals surface area contributed by atoms with E-state index in [0.29, 0.717) is 12.8 Å². The van der Waals surface area contributed by atoms with Gasteiger partial charge in [0.05, 0.1) is 6.61 Å². The van der Waals surface area contributed by atoms with Crippen LogP contribution >= 0.6 is 0 Å². The number of aromatic nitrogens is 2. The van der Waals surface area contributed by atoms with Crippen LogP contribution in [0.3, 0.4) is 0 Å². The number of H-pyrrole nitrogens is 1. The van der Waals surface area contributed by atoms with E-state index in [2.05, 4.69) is 4.98 Å². The number of aromatic amines is 1. The van der Waals surface area contributed by atoms with Crippen molar-refractivity contribution in [3.63, 3.8) is 0 Å². The fraction of sp³-hybridized carbons (Fsp3) is 0.600. The Morgan fingerprint density at radius 1 is 1.71 bits per heavy atom. The smallest absolute Gasteiger partial charge is 0.330 e. The van der Waals surface area contributed by atoms with Crippen molar-refractivity contribution in [2.45, 2.75) is 24.9 Å². The fourth-order valence-electron chi connectivity index (χ4n) is 1.89. The molecule has 1 aliphatic rings. The molecule has 94 valence electrons. The number of hydrogen-bond donors (Lipinski definition) is 2. The zero-order valence-electron chi connectivity index (χ0n) is 9.38. The molecule has 1 aliphatic heterocycles. The van der Waals surface area contributed by atoms with E-state index in [-0.39, 0.29) is 6.61 Å². The number of nitrogens with zero attached hydrogens (tertiary/aromatic N) is 1. The maximum absolute atomic E-state index is 11.5. The van der Waals surface area contributed by atoms with Crippen LogP contribution in [0.1, 0.15) is 19.1 Å². The van der Waals surface area contributed by atoms with Crippen molar-refractivity contribution in [2.75, 3.05) is 13.7 Å². The van der Waals surface area contributed by atoms with E-state index in [1.165, 1.54) is 23.9 Å². The van der Waals surface area contributed by atoms with Crippen molar-refractivity contribution in [1.82, 2.24) is 9.55 Å². The fourth-order valence-corrected chi connectivity index (χ4v) is 1.89. The molecule has 1 fully saturated rings. The Morgan fingerprint density at radius 3 is 3.00 bits per heavy atom. The van der Waals surface area contributed by atoms with Crippen molar-refractivity contribution >= 4 is 0 Å². The van der Waals surface area contributed by atoms with Gasteiger partial charge in [0, 0.05) is 25.8 Å². The lowest BCUT2D eigenvalue weighted by atomic mass is 10.2. The zero-order valence-corrected chi connectivity index (χ0v) is 9.38. The first-order chi connectivity index (χ1) is 8.10. The predicted octanol–water partition coefficient (Wildman–Crippen LogP) is -0.819. The summed E-state index contributed by atoms with van der Waals surface area (Å²) in [6, 6.07) is 1.25. The van der Waals surface area contributed by atoms with E-state index in [1.54, 1.807) is 0 Å². The number of rotatable bonds is 3. The predicted molar refractivity (Wildman–Crippen MR) is 57.5 cm³/mol. The third kappa shape index (κ3) is 2.17. The van der Waals surface area contributed by atoms with Gasteiger partial charge in [0.1, 0.15) is 6.23 Å². The summed E-state index contributed by atoms with van der Waals surface area (Å²) in [6.45, 7) is -0.280. The summed E-state index contributed by atoms with van der Waals surface area (Å²) in [6.07, 6.45) is 1.84. The lowest BCUT2D eigenvalue weighted by Gasteiger charge is -2.25. The molecule has 0 spiro atoms. The lowest BCUT2D eigenvalue weighted by molar-refractivity contribution is -0.242. The normalized spacial score (nSPS) is 28.5. The van der Waals surface area contributed by atoms with Crippen molar-refractivity contribution < 1.29 is 14.6 Å². The van der Waals surface area contributed by atoms with E-state index in [9.17, 15) is 14.7 Å². The van der Waals surface area contributed by atoms with Gasteiger partial charge in [0.2, 0.25) is 0 Å². The van der Waals surface area contributed by atoms with Crippen molar-refractivity contribution in [1.29, 1.82) is 0 Å². The summed E-state index contributed by atoms with van der Waals surface area (Å²) in [5, 5.41) is 9.20. The average Bonchev–Trinajstić information content (AvgIpc) is 2.74. The highest BCUT2D eigenvalue weighted by atomic mass is 16.7.